The Morgan fingerprint density at radius 3 is 2.92 bits per heavy atom. The largest absolute Gasteiger partial charge is 0.327 e. The first-order chi connectivity index (χ1) is 6.34. The van der Waals surface area contributed by atoms with Crippen LogP contribution < -0.4 is 5.73 Å². The van der Waals surface area contributed by atoms with E-state index in [2.05, 4.69) is 15.0 Å². The van der Waals surface area contributed by atoms with Gasteiger partial charge in [-0.3, -0.25) is 0 Å². The minimum absolute atomic E-state index is 0.303. The van der Waals surface area contributed by atoms with Crippen LogP contribution in [0.15, 0.2) is 0 Å². The van der Waals surface area contributed by atoms with Gasteiger partial charge >= 0.3 is 0 Å². The van der Waals surface area contributed by atoms with Crippen molar-refractivity contribution < 1.29 is 0 Å². The summed E-state index contributed by atoms with van der Waals surface area (Å²) in [7, 11) is 0. The Bertz CT molecular complexity index is 326. The molecular weight excluding hydrogens is 164 g/mol. The van der Waals surface area contributed by atoms with Crippen LogP contribution in [0.25, 0.3) is 0 Å². The van der Waals surface area contributed by atoms with Crippen molar-refractivity contribution in [2.24, 2.45) is 5.73 Å². The zero-order chi connectivity index (χ0) is 8.84. The molecule has 0 saturated heterocycles. The van der Waals surface area contributed by atoms with Crippen molar-refractivity contribution in [1.82, 2.24) is 15.0 Å². The molecule has 0 amide bonds. The molecule has 4 nitrogen and oxygen atoms in total. The van der Waals surface area contributed by atoms with Gasteiger partial charge in [0.1, 0.15) is 0 Å². The van der Waals surface area contributed by atoms with Crippen LogP contribution in [-0.4, -0.2) is 21.0 Å². The van der Waals surface area contributed by atoms with Gasteiger partial charge in [0.15, 0.2) is 0 Å². The zero-order valence-corrected chi connectivity index (χ0v) is 7.61. The van der Waals surface area contributed by atoms with E-state index in [0.29, 0.717) is 12.1 Å². The second kappa shape index (κ2) is 2.54. The van der Waals surface area contributed by atoms with E-state index in [9.17, 15) is 0 Å². The molecule has 2 aliphatic carbocycles. The highest BCUT2D eigenvalue weighted by atomic mass is 15.5. The maximum atomic E-state index is 5.87. The summed E-state index contributed by atoms with van der Waals surface area (Å²) in [4.78, 5) is 0. The third kappa shape index (κ3) is 1.16. The Morgan fingerprint density at radius 2 is 2.15 bits per heavy atom. The summed E-state index contributed by atoms with van der Waals surface area (Å²) in [5, 5.41) is 8.41. The first kappa shape index (κ1) is 7.50. The lowest BCUT2D eigenvalue weighted by molar-refractivity contribution is 0.529. The molecule has 0 radical (unpaired) electrons. The Balaban J connectivity index is 1.97. The van der Waals surface area contributed by atoms with Crippen molar-refractivity contribution in [3.63, 3.8) is 0 Å². The summed E-state index contributed by atoms with van der Waals surface area (Å²) in [6, 6.07) is 0.961. The fraction of sp³-hybridized carbons (Fsp3) is 0.778. The van der Waals surface area contributed by atoms with Crippen molar-refractivity contribution in [1.29, 1.82) is 0 Å². The number of aromatic nitrogens is 3. The Labute approximate surface area is 77.1 Å². The third-order valence-corrected chi connectivity index (χ3v) is 2.97. The van der Waals surface area contributed by atoms with Gasteiger partial charge < -0.3 is 5.73 Å². The van der Waals surface area contributed by atoms with Crippen molar-refractivity contribution in [3.8, 4) is 0 Å². The molecule has 0 aromatic carbocycles. The SMILES string of the molecule is NC1CCc2c(nnn2C2CC2)C1. The number of nitrogens with zero attached hydrogens (tertiary/aromatic N) is 3. The zero-order valence-electron chi connectivity index (χ0n) is 7.61. The molecule has 1 atom stereocenters. The summed E-state index contributed by atoms with van der Waals surface area (Å²) in [5.41, 5.74) is 8.37. The standard InChI is InChI=1S/C9H14N4/c10-6-1-4-9-8(5-6)11-12-13(9)7-2-3-7/h6-7H,1-5,10H2. The maximum Gasteiger partial charge on any atom is 0.0874 e. The number of nitrogens with two attached hydrogens (primary N) is 1. The summed E-state index contributed by atoms with van der Waals surface area (Å²) in [5.74, 6) is 0. The van der Waals surface area contributed by atoms with Crippen LogP contribution in [0.3, 0.4) is 0 Å². The summed E-state index contributed by atoms with van der Waals surface area (Å²) in [6.45, 7) is 0. The molecule has 0 spiro atoms. The Hall–Kier alpha value is -0.900. The fourth-order valence-corrected chi connectivity index (χ4v) is 2.05. The van der Waals surface area contributed by atoms with Gasteiger partial charge in [-0.1, -0.05) is 5.21 Å². The number of fused-ring (bicyclic) bond motifs is 1. The van der Waals surface area contributed by atoms with Crippen LogP contribution >= 0.6 is 0 Å². The van der Waals surface area contributed by atoms with Gasteiger partial charge in [-0.25, -0.2) is 4.68 Å². The van der Waals surface area contributed by atoms with Crippen molar-refractivity contribution in [2.45, 2.75) is 44.2 Å². The van der Waals surface area contributed by atoms with Crippen LogP contribution in [0.2, 0.25) is 0 Å². The van der Waals surface area contributed by atoms with Crippen LogP contribution in [-0.2, 0) is 12.8 Å². The van der Waals surface area contributed by atoms with Gasteiger partial charge in [0.05, 0.1) is 17.4 Å². The first-order valence-corrected chi connectivity index (χ1v) is 5.03. The molecule has 2 aliphatic rings. The van der Waals surface area contributed by atoms with Crippen LogP contribution in [0.1, 0.15) is 36.7 Å². The average Bonchev–Trinajstić information content (AvgIpc) is 2.87. The van der Waals surface area contributed by atoms with Gasteiger partial charge in [0.2, 0.25) is 0 Å². The Kier molecular flexibility index (Phi) is 1.47. The van der Waals surface area contributed by atoms with E-state index in [0.717, 1.165) is 25.0 Å². The van der Waals surface area contributed by atoms with E-state index >= 15 is 0 Å². The van der Waals surface area contributed by atoms with E-state index in [1.807, 2.05) is 0 Å². The van der Waals surface area contributed by atoms with Crippen LogP contribution in [0.5, 0.6) is 0 Å². The molecule has 1 aromatic heterocycles. The molecule has 4 heteroatoms. The number of hydrogen-bond acceptors (Lipinski definition) is 3. The fourth-order valence-electron chi connectivity index (χ4n) is 2.05. The van der Waals surface area contributed by atoms with Crippen molar-refractivity contribution in [3.05, 3.63) is 11.4 Å². The quantitative estimate of drug-likeness (QED) is 0.678. The molecule has 1 heterocycles. The summed E-state index contributed by atoms with van der Waals surface area (Å²) >= 11 is 0. The second-order valence-corrected chi connectivity index (χ2v) is 4.16. The lowest BCUT2D eigenvalue weighted by Crippen LogP contribution is -2.28. The molecule has 1 fully saturated rings. The molecule has 1 aromatic rings. The predicted molar refractivity (Wildman–Crippen MR) is 48.3 cm³/mol. The highest BCUT2D eigenvalue weighted by Crippen LogP contribution is 2.36. The second-order valence-electron chi connectivity index (χ2n) is 4.16. The van der Waals surface area contributed by atoms with Crippen molar-refractivity contribution >= 4 is 0 Å². The lowest BCUT2D eigenvalue weighted by Gasteiger charge is -2.17. The molecular formula is C9H14N4. The molecule has 1 saturated carbocycles. The van der Waals surface area contributed by atoms with E-state index in [4.69, 9.17) is 5.73 Å². The monoisotopic (exact) mass is 178 g/mol. The molecule has 1 unspecified atom stereocenters. The average molecular weight is 178 g/mol. The summed E-state index contributed by atoms with van der Waals surface area (Å²) < 4.78 is 2.13. The van der Waals surface area contributed by atoms with Gasteiger partial charge in [0, 0.05) is 12.5 Å². The highest BCUT2D eigenvalue weighted by molar-refractivity contribution is 5.17. The number of rotatable bonds is 1. The van der Waals surface area contributed by atoms with Gasteiger partial charge in [0.25, 0.3) is 0 Å². The maximum absolute atomic E-state index is 5.87. The van der Waals surface area contributed by atoms with E-state index in [1.165, 1.54) is 18.5 Å². The highest BCUT2D eigenvalue weighted by Gasteiger charge is 2.30. The minimum atomic E-state index is 0.303. The molecule has 0 aliphatic heterocycles. The van der Waals surface area contributed by atoms with E-state index < -0.39 is 0 Å². The van der Waals surface area contributed by atoms with Crippen LogP contribution in [0.4, 0.5) is 0 Å². The molecule has 70 valence electrons. The van der Waals surface area contributed by atoms with Crippen molar-refractivity contribution in [2.75, 3.05) is 0 Å². The number of hydrogen-bond donors (Lipinski definition) is 1. The summed E-state index contributed by atoms with van der Waals surface area (Å²) in [6.07, 6.45) is 5.64. The molecule has 3 rings (SSSR count). The first-order valence-electron chi connectivity index (χ1n) is 5.03. The van der Waals surface area contributed by atoms with Gasteiger partial charge in [-0.15, -0.1) is 5.10 Å². The van der Waals surface area contributed by atoms with Gasteiger partial charge in [-0.2, -0.15) is 0 Å². The smallest absolute Gasteiger partial charge is 0.0874 e. The normalized spacial score (nSPS) is 27.3. The molecule has 2 N–H and O–H groups in total. The predicted octanol–water partition coefficient (Wildman–Crippen LogP) is 0.429. The van der Waals surface area contributed by atoms with E-state index in [1.54, 1.807) is 0 Å². The molecule has 0 bridgehead atoms. The van der Waals surface area contributed by atoms with E-state index in [-0.39, 0.29) is 0 Å². The van der Waals surface area contributed by atoms with Crippen LogP contribution in [0, 0.1) is 0 Å². The third-order valence-electron chi connectivity index (χ3n) is 2.97. The van der Waals surface area contributed by atoms with Gasteiger partial charge in [-0.05, 0) is 25.7 Å². The topological polar surface area (TPSA) is 56.7 Å². The molecule has 13 heavy (non-hydrogen) atoms. The Morgan fingerprint density at radius 1 is 1.31 bits per heavy atom. The minimum Gasteiger partial charge on any atom is -0.327 e. The lowest BCUT2D eigenvalue weighted by atomic mass is 9.97.